The van der Waals surface area contributed by atoms with Crippen LogP contribution in [0.5, 0.6) is 0 Å². The highest BCUT2D eigenvalue weighted by atomic mass is 35.5. The van der Waals surface area contributed by atoms with Crippen LogP contribution in [0.25, 0.3) is 0 Å². The van der Waals surface area contributed by atoms with Crippen molar-refractivity contribution in [3.05, 3.63) is 46.3 Å². The van der Waals surface area contributed by atoms with E-state index in [0.717, 1.165) is 12.8 Å². The van der Waals surface area contributed by atoms with Crippen LogP contribution in [-0.4, -0.2) is 11.2 Å². The number of hydrogen-bond acceptors (Lipinski definition) is 1. The van der Waals surface area contributed by atoms with E-state index in [1.165, 1.54) is 11.6 Å². The van der Waals surface area contributed by atoms with Gasteiger partial charge < -0.3 is 5.11 Å². The number of halogens is 2. The van der Waals surface area contributed by atoms with Crippen molar-refractivity contribution in [3.8, 4) is 0 Å². The van der Waals surface area contributed by atoms with Crippen molar-refractivity contribution >= 4 is 11.6 Å². The number of hydrogen-bond donors (Lipinski definition) is 1. The van der Waals surface area contributed by atoms with Gasteiger partial charge in [-0.15, -0.1) is 0 Å². The zero-order chi connectivity index (χ0) is 14.0. The van der Waals surface area contributed by atoms with Gasteiger partial charge in [0.15, 0.2) is 0 Å². The molecular formula is C16H20ClFO. The van der Waals surface area contributed by atoms with Gasteiger partial charge >= 0.3 is 0 Å². The summed E-state index contributed by atoms with van der Waals surface area (Å²) < 4.78 is 13.8. The fourth-order valence-electron chi connectivity index (χ4n) is 2.99. The summed E-state index contributed by atoms with van der Waals surface area (Å²) in [6, 6.07) is 4.95. The topological polar surface area (TPSA) is 20.2 Å². The summed E-state index contributed by atoms with van der Waals surface area (Å²) in [5.74, 6) is 0.287. The van der Waals surface area contributed by atoms with Crippen LogP contribution in [0.3, 0.4) is 0 Å². The zero-order valence-electron chi connectivity index (χ0n) is 11.4. The second-order valence-corrected chi connectivity index (χ2v) is 6.08. The largest absolute Gasteiger partial charge is 0.392 e. The van der Waals surface area contributed by atoms with Crippen molar-refractivity contribution in [2.24, 2.45) is 11.8 Å². The molecule has 0 bridgehead atoms. The monoisotopic (exact) mass is 282 g/mol. The molecule has 1 aliphatic carbocycles. The Kier molecular flexibility index (Phi) is 4.64. The van der Waals surface area contributed by atoms with E-state index in [-0.39, 0.29) is 10.9 Å². The molecule has 0 saturated heterocycles. The second-order valence-electron chi connectivity index (χ2n) is 5.67. The zero-order valence-corrected chi connectivity index (χ0v) is 12.1. The third kappa shape index (κ3) is 3.58. The molecule has 1 aliphatic rings. The average molecular weight is 283 g/mol. The van der Waals surface area contributed by atoms with E-state index in [2.05, 4.69) is 19.9 Å². The Hall–Kier alpha value is -0.860. The summed E-state index contributed by atoms with van der Waals surface area (Å²) in [4.78, 5) is 0. The molecular weight excluding hydrogens is 263 g/mol. The minimum Gasteiger partial charge on any atom is -0.392 e. The first kappa shape index (κ1) is 14.5. The van der Waals surface area contributed by atoms with Gasteiger partial charge in [0, 0.05) is 6.42 Å². The number of aliphatic hydroxyl groups is 1. The molecule has 3 atom stereocenters. The highest BCUT2D eigenvalue weighted by Gasteiger charge is 2.25. The first-order chi connectivity index (χ1) is 8.97. The predicted octanol–water partition coefficient (Wildman–Crippen LogP) is 4.37. The van der Waals surface area contributed by atoms with Crippen molar-refractivity contribution in [3.63, 3.8) is 0 Å². The second kappa shape index (κ2) is 6.06. The van der Waals surface area contributed by atoms with Gasteiger partial charge in [0.1, 0.15) is 5.82 Å². The molecule has 2 rings (SSSR count). The number of benzene rings is 1. The Bertz CT molecular complexity index is 484. The molecule has 0 spiro atoms. The van der Waals surface area contributed by atoms with Crippen molar-refractivity contribution in [2.45, 2.75) is 39.2 Å². The van der Waals surface area contributed by atoms with Crippen molar-refractivity contribution < 1.29 is 9.50 Å². The molecule has 1 nitrogen and oxygen atoms in total. The van der Waals surface area contributed by atoms with Gasteiger partial charge in [0.05, 0.1) is 11.1 Å². The lowest BCUT2D eigenvalue weighted by atomic mass is 9.79. The van der Waals surface area contributed by atoms with Crippen LogP contribution in [-0.2, 0) is 6.42 Å². The minimum atomic E-state index is -0.515. The van der Waals surface area contributed by atoms with Crippen LogP contribution in [0, 0.1) is 17.7 Å². The van der Waals surface area contributed by atoms with Crippen LogP contribution >= 0.6 is 11.6 Å². The molecule has 3 heteroatoms. The van der Waals surface area contributed by atoms with Crippen molar-refractivity contribution in [1.82, 2.24) is 0 Å². The third-order valence-electron chi connectivity index (χ3n) is 3.83. The summed E-state index contributed by atoms with van der Waals surface area (Å²) in [6.07, 6.45) is 3.92. The molecule has 1 aromatic rings. The molecule has 0 aromatic heterocycles. The van der Waals surface area contributed by atoms with Gasteiger partial charge in [-0.2, -0.15) is 0 Å². The van der Waals surface area contributed by atoms with E-state index in [9.17, 15) is 9.50 Å². The minimum absolute atomic E-state index is 0.123. The Morgan fingerprint density at radius 3 is 2.89 bits per heavy atom. The Balaban J connectivity index is 2.07. The lowest BCUT2D eigenvalue weighted by Crippen LogP contribution is -2.27. The van der Waals surface area contributed by atoms with Gasteiger partial charge in [-0.25, -0.2) is 4.39 Å². The molecule has 0 aliphatic heterocycles. The van der Waals surface area contributed by atoms with Crippen LogP contribution < -0.4 is 0 Å². The predicted molar refractivity (Wildman–Crippen MR) is 76.8 cm³/mol. The normalized spacial score (nSPS) is 25.0. The standard InChI is InChI=1S/C16H20ClFO/c1-10-6-11(2)8-13(7-10)15(19)9-12-4-3-5-14(17)16(12)18/h3-6,10,13,15,19H,7-9H2,1-2H3. The van der Waals surface area contributed by atoms with Crippen LogP contribution in [0.15, 0.2) is 29.8 Å². The molecule has 0 saturated carbocycles. The summed E-state index contributed by atoms with van der Waals surface area (Å²) in [6.45, 7) is 4.25. The van der Waals surface area contributed by atoms with Gasteiger partial charge in [-0.1, -0.05) is 42.3 Å². The Labute approximate surface area is 119 Å². The average Bonchev–Trinajstić information content (AvgIpc) is 2.33. The first-order valence-corrected chi connectivity index (χ1v) is 7.13. The Morgan fingerprint density at radius 1 is 1.47 bits per heavy atom. The smallest absolute Gasteiger partial charge is 0.145 e. The molecule has 0 amide bonds. The van der Waals surface area contributed by atoms with Crippen molar-refractivity contribution in [2.75, 3.05) is 0 Å². The highest BCUT2D eigenvalue weighted by Crippen LogP contribution is 2.32. The van der Waals surface area contributed by atoms with Gasteiger partial charge in [-0.3, -0.25) is 0 Å². The van der Waals surface area contributed by atoms with Crippen LogP contribution in [0.4, 0.5) is 4.39 Å². The van der Waals surface area contributed by atoms with Crippen LogP contribution in [0.2, 0.25) is 5.02 Å². The maximum atomic E-state index is 13.8. The fourth-order valence-corrected chi connectivity index (χ4v) is 3.18. The van der Waals surface area contributed by atoms with E-state index < -0.39 is 11.9 Å². The molecule has 104 valence electrons. The first-order valence-electron chi connectivity index (χ1n) is 6.75. The number of rotatable bonds is 3. The number of allylic oxidation sites excluding steroid dienone is 2. The van der Waals surface area contributed by atoms with Crippen molar-refractivity contribution in [1.29, 1.82) is 0 Å². The highest BCUT2D eigenvalue weighted by molar-refractivity contribution is 6.30. The van der Waals surface area contributed by atoms with Gasteiger partial charge in [-0.05, 0) is 43.2 Å². The maximum Gasteiger partial charge on any atom is 0.145 e. The third-order valence-corrected chi connectivity index (χ3v) is 4.12. The summed E-state index contributed by atoms with van der Waals surface area (Å²) >= 11 is 5.76. The van der Waals surface area contributed by atoms with E-state index in [4.69, 9.17) is 11.6 Å². The summed E-state index contributed by atoms with van der Waals surface area (Å²) in [5.41, 5.74) is 1.81. The number of aliphatic hydroxyl groups excluding tert-OH is 1. The van der Waals surface area contributed by atoms with E-state index in [1.807, 2.05) is 0 Å². The maximum absolute atomic E-state index is 13.8. The lowest BCUT2D eigenvalue weighted by Gasteiger charge is -2.29. The van der Waals surface area contributed by atoms with Gasteiger partial charge in [0.25, 0.3) is 0 Å². The van der Waals surface area contributed by atoms with Crippen LogP contribution in [0.1, 0.15) is 32.3 Å². The Morgan fingerprint density at radius 2 is 2.21 bits per heavy atom. The van der Waals surface area contributed by atoms with E-state index >= 15 is 0 Å². The van der Waals surface area contributed by atoms with E-state index in [1.54, 1.807) is 12.1 Å². The molecule has 0 heterocycles. The molecule has 1 aromatic carbocycles. The summed E-state index contributed by atoms with van der Waals surface area (Å²) in [5, 5.41) is 10.5. The fraction of sp³-hybridized carbons (Fsp3) is 0.500. The molecule has 0 fully saturated rings. The molecule has 0 radical (unpaired) electrons. The van der Waals surface area contributed by atoms with E-state index in [0.29, 0.717) is 17.9 Å². The molecule has 19 heavy (non-hydrogen) atoms. The molecule has 1 N–H and O–H groups in total. The lowest BCUT2D eigenvalue weighted by molar-refractivity contribution is 0.0924. The summed E-state index contributed by atoms with van der Waals surface area (Å²) in [7, 11) is 0. The SMILES string of the molecule is CC1=CC(C)CC(C(O)Cc2cccc(Cl)c2F)C1. The quantitative estimate of drug-likeness (QED) is 0.816. The molecule has 3 unspecified atom stereocenters. The van der Waals surface area contributed by atoms with Gasteiger partial charge in [0.2, 0.25) is 0 Å².